The molecule has 0 atom stereocenters. The van der Waals surface area contributed by atoms with Gasteiger partial charge in [0.25, 0.3) is 0 Å². The van der Waals surface area contributed by atoms with Crippen molar-refractivity contribution in [3.05, 3.63) is 71.4 Å². The van der Waals surface area contributed by atoms with Gasteiger partial charge in [-0.25, -0.2) is 4.99 Å². The van der Waals surface area contributed by atoms with E-state index in [1.165, 1.54) is 31.2 Å². The Morgan fingerprint density at radius 2 is 1.90 bits per heavy atom. The van der Waals surface area contributed by atoms with Gasteiger partial charge in [-0.15, -0.1) is 0 Å². The largest absolute Gasteiger partial charge is 0.371 e. The number of nitrogens with zero attached hydrogens (tertiary/aromatic N) is 3. The molecule has 1 N–H and O–H groups in total. The summed E-state index contributed by atoms with van der Waals surface area (Å²) in [7, 11) is 0. The van der Waals surface area contributed by atoms with Crippen LogP contribution in [0.15, 0.2) is 65.8 Å². The van der Waals surface area contributed by atoms with Gasteiger partial charge in [0.2, 0.25) is 0 Å². The molecular weight excluding hydrogens is 404 g/mol. The van der Waals surface area contributed by atoms with Crippen LogP contribution in [0.25, 0.3) is 0 Å². The number of hydrogen-bond acceptors (Lipinski definition) is 4. The van der Waals surface area contributed by atoms with Crippen molar-refractivity contribution in [3.63, 3.8) is 0 Å². The van der Waals surface area contributed by atoms with E-state index in [1.54, 1.807) is 6.20 Å². The van der Waals surface area contributed by atoms with Crippen LogP contribution in [0.3, 0.4) is 0 Å². The van der Waals surface area contributed by atoms with Gasteiger partial charge >= 0.3 is 0 Å². The van der Waals surface area contributed by atoms with Crippen LogP contribution in [0.2, 0.25) is 5.02 Å². The van der Waals surface area contributed by atoms with Crippen molar-refractivity contribution in [2.24, 2.45) is 4.99 Å². The van der Waals surface area contributed by atoms with Crippen LogP contribution in [-0.4, -0.2) is 35.1 Å². The van der Waals surface area contributed by atoms with E-state index in [9.17, 15) is 0 Å². The summed E-state index contributed by atoms with van der Waals surface area (Å²) in [5.74, 6) is 0.804. The Kier molecular flexibility index (Phi) is 10.7. The molecule has 0 radical (unpaired) electrons. The number of likely N-dealkylation sites (N-methyl/N-ethyl adjacent to an activating group) is 1. The number of rotatable bonds is 13. The van der Waals surface area contributed by atoms with E-state index in [2.05, 4.69) is 54.3 Å². The molecule has 170 valence electrons. The summed E-state index contributed by atoms with van der Waals surface area (Å²) in [4.78, 5) is 9.58. The molecule has 0 aliphatic heterocycles. The van der Waals surface area contributed by atoms with Gasteiger partial charge in [-0.3, -0.25) is 0 Å². The molecule has 1 aromatic rings. The van der Waals surface area contributed by atoms with Crippen molar-refractivity contribution in [3.8, 4) is 0 Å². The summed E-state index contributed by atoms with van der Waals surface area (Å²) >= 11 is 6.15. The Hall–Kier alpha value is -2.20. The quantitative estimate of drug-likeness (QED) is 0.272. The molecule has 0 heterocycles. The minimum Gasteiger partial charge on any atom is -0.371 e. The maximum Gasteiger partial charge on any atom is 0.155 e. The van der Waals surface area contributed by atoms with Crippen molar-refractivity contribution in [2.75, 3.05) is 13.1 Å². The van der Waals surface area contributed by atoms with Crippen molar-refractivity contribution in [2.45, 2.75) is 71.9 Å². The lowest BCUT2D eigenvalue weighted by atomic mass is 10.1. The molecule has 1 fully saturated rings. The van der Waals surface area contributed by atoms with E-state index in [4.69, 9.17) is 16.6 Å². The first-order chi connectivity index (χ1) is 15.0. The van der Waals surface area contributed by atoms with Gasteiger partial charge in [-0.05, 0) is 57.0 Å². The monoisotopic (exact) mass is 442 g/mol. The molecule has 0 amide bonds. The molecule has 0 saturated heterocycles. The Bertz CT molecular complexity index is 760. The first kappa shape index (κ1) is 25.1. The zero-order valence-electron chi connectivity index (χ0n) is 19.5. The fraction of sp³-hybridized carbons (Fsp3) is 0.500. The van der Waals surface area contributed by atoms with Crippen molar-refractivity contribution < 1.29 is 0 Å². The molecular formula is C26H39ClN4. The van der Waals surface area contributed by atoms with E-state index in [0.29, 0.717) is 6.04 Å². The Morgan fingerprint density at radius 3 is 2.45 bits per heavy atom. The average Bonchev–Trinajstić information content (AvgIpc) is 3.30. The zero-order chi connectivity index (χ0) is 22.6. The van der Waals surface area contributed by atoms with Crippen molar-refractivity contribution in [1.29, 1.82) is 0 Å². The molecule has 1 aromatic carbocycles. The first-order valence-corrected chi connectivity index (χ1v) is 12.0. The van der Waals surface area contributed by atoms with Gasteiger partial charge in [-0.2, -0.15) is 0 Å². The maximum atomic E-state index is 6.15. The minimum absolute atomic E-state index is 0.459. The minimum atomic E-state index is 0.459. The van der Waals surface area contributed by atoms with Crippen LogP contribution in [0.1, 0.15) is 64.9 Å². The van der Waals surface area contributed by atoms with E-state index >= 15 is 0 Å². The molecule has 0 aromatic heterocycles. The molecule has 1 aliphatic rings. The molecule has 0 unspecified atom stereocenters. The molecule has 4 nitrogen and oxygen atoms in total. The third-order valence-electron chi connectivity index (χ3n) is 5.86. The molecule has 0 bridgehead atoms. The van der Waals surface area contributed by atoms with Gasteiger partial charge in [0.1, 0.15) is 5.70 Å². The highest BCUT2D eigenvalue weighted by Crippen LogP contribution is 2.33. The normalized spacial score (nSPS) is 15.1. The Labute approximate surface area is 194 Å². The standard InChI is InChI=1S/C26H39ClN4/c1-6-10-19-30(9-4)21(5)25(26(28-7-2)29-8-3)31(24-13-11-12-14-24)20-22-15-17-23(27)18-16-22/h7-8,15-18,24,28H,2,5-6,9-14,19-20H2,1,3-4H3/b26-25-,29-8+. The number of aliphatic imine (C=N–C) groups is 1. The Morgan fingerprint density at radius 1 is 1.23 bits per heavy atom. The topological polar surface area (TPSA) is 30.9 Å². The van der Waals surface area contributed by atoms with E-state index in [1.807, 2.05) is 25.3 Å². The zero-order valence-corrected chi connectivity index (χ0v) is 20.3. The van der Waals surface area contributed by atoms with E-state index in [0.717, 1.165) is 54.7 Å². The fourth-order valence-corrected chi connectivity index (χ4v) is 4.33. The average molecular weight is 443 g/mol. The van der Waals surface area contributed by atoms with Crippen molar-refractivity contribution >= 4 is 17.8 Å². The summed E-state index contributed by atoms with van der Waals surface area (Å²) in [5, 5.41) is 4.06. The highest BCUT2D eigenvalue weighted by atomic mass is 35.5. The molecule has 31 heavy (non-hydrogen) atoms. The molecule has 1 saturated carbocycles. The number of nitrogens with one attached hydrogen (secondary N) is 1. The van der Waals surface area contributed by atoms with Crippen LogP contribution in [-0.2, 0) is 6.54 Å². The summed E-state index contributed by atoms with van der Waals surface area (Å²) in [6.45, 7) is 17.5. The van der Waals surface area contributed by atoms with E-state index in [-0.39, 0.29) is 0 Å². The highest BCUT2D eigenvalue weighted by Gasteiger charge is 2.29. The number of hydrogen-bond donors (Lipinski definition) is 1. The third kappa shape index (κ3) is 7.17. The summed E-state index contributed by atoms with van der Waals surface area (Å²) < 4.78 is 0. The van der Waals surface area contributed by atoms with Gasteiger partial charge in [0.05, 0.1) is 5.70 Å². The Balaban J connectivity index is 2.55. The van der Waals surface area contributed by atoms with Gasteiger partial charge < -0.3 is 15.1 Å². The highest BCUT2D eigenvalue weighted by molar-refractivity contribution is 6.30. The second-order valence-electron chi connectivity index (χ2n) is 8.01. The SMILES string of the molecule is C=CNC(/N=C/C)=C(\C(=C)N(CC)CCCC)N(Cc1ccc(Cl)cc1)C1CCCC1. The number of unbranched alkanes of at least 4 members (excludes halogenated alkanes) is 1. The second-order valence-corrected chi connectivity index (χ2v) is 8.44. The number of halogens is 1. The maximum absolute atomic E-state index is 6.15. The predicted molar refractivity (Wildman–Crippen MR) is 135 cm³/mol. The third-order valence-corrected chi connectivity index (χ3v) is 6.11. The van der Waals surface area contributed by atoms with Crippen LogP contribution < -0.4 is 5.32 Å². The fourth-order valence-electron chi connectivity index (χ4n) is 4.21. The smallest absolute Gasteiger partial charge is 0.155 e. The van der Waals surface area contributed by atoms with Gasteiger partial charge in [-0.1, -0.05) is 63.1 Å². The van der Waals surface area contributed by atoms with Crippen LogP contribution in [0.5, 0.6) is 0 Å². The van der Waals surface area contributed by atoms with Crippen LogP contribution in [0.4, 0.5) is 0 Å². The predicted octanol–water partition coefficient (Wildman–Crippen LogP) is 6.71. The van der Waals surface area contributed by atoms with E-state index < -0.39 is 0 Å². The summed E-state index contributed by atoms with van der Waals surface area (Å²) in [6, 6.07) is 8.62. The lowest BCUT2D eigenvalue weighted by molar-refractivity contribution is 0.228. The van der Waals surface area contributed by atoms with Crippen LogP contribution >= 0.6 is 11.6 Å². The first-order valence-electron chi connectivity index (χ1n) is 11.6. The molecule has 0 spiro atoms. The lowest BCUT2D eigenvalue weighted by Crippen LogP contribution is -2.38. The molecule has 2 rings (SSSR count). The lowest BCUT2D eigenvalue weighted by Gasteiger charge is -2.38. The summed E-state index contributed by atoms with van der Waals surface area (Å²) in [6.07, 6.45) is 10.7. The molecule has 5 heteroatoms. The van der Waals surface area contributed by atoms with Gasteiger partial charge in [0, 0.05) is 36.9 Å². The van der Waals surface area contributed by atoms with Gasteiger partial charge in [0.15, 0.2) is 5.82 Å². The second kappa shape index (κ2) is 13.3. The van der Waals surface area contributed by atoms with Crippen LogP contribution in [0, 0.1) is 0 Å². The summed E-state index contributed by atoms with van der Waals surface area (Å²) in [5.41, 5.74) is 3.32. The molecule has 1 aliphatic carbocycles. The number of benzene rings is 1. The van der Waals surface area contributed by atoms with Crippen molar-refractivity contribution in [1.82, 2.24) is 15.1 Å².